The number of nitrogens with zero attached hydrogens (tertiary/aromatic N) is 2. The normalized spacial score (nSPS) is 26.4. The van der Waals surface area contributed by atoms with Gasteiger partial charge in [0.1, 0.15) is 5.82 Å². The molecule has 108 valence electrons. The van der Waals surface area contributed by atoms with Gasteiger partial charge < -0.3 is 9.67 Å². The van der Waals surface area contributed by atoms with Gasteiger partial charge >= 0.3 is 0 Å². The summed E-state index contributed by atoms with van der Waals surface area (Å²) in [4.78, 5) is 4.76. The molecule has 0 radical (unpaired) electrons. The van der Waals surface area contributed by atoms with E-state index in [0.29, 0.717) is 11.7 Å². The number of hydrogen-bond acceptors (Lipinski definition) is 3. The highest BCUT2D eigenvalue weighted by atomic mass is 32.2. The van der Waals surface area contributed by atoms with Crippen molar-refractivity contribution in [3.63, 3.8) is 0 Å². The van der Waals surface area contributed by atoms with Crippen LogP contribution in [0.5, 0.6) is 0 Å². The minimum absolute atomic E-state index is 0.545. The molecule has 2 aromatic rings. The van der Waals surface area contributed by atoms with Gasteiger partial charge in [-0.3, -0.25) is 0 Å². The molecule has 4 heteroatoms. The standard InChI is InChI=1S/C16H22N2OS/c1-3-8-18-14-7-5-4-6-13(14)17-15(18)10-16(19)9-12(2)20-11-16/h4-7,12,19H,3,8-11H2,1-2H3. The lowest BCUT2D eigenvalue weighted by Gasteiger charge is -2.21. The molecule has 0 bridgehead atoms. The van der Waals surface area contributed by atoms with Crippen LogP contribution in [0, 0.1) is 0 Å². The van der Waals surface area contributed by atoms with Gasteiger partial charge in [0.25, 0.3) is 0 Å². The molecule has 1 aromatic carbocycles. The number of thioether (sulfide) groups is 1. The maximum absolute atomic E-state index is 10.8. The number of imidazole rings is 1. The second-order valence-corrected chi connectivity index (χ2v) is 7.32. The number of para-hydroxylation sites is 2. The molecule has 0 saturated carbocycles. The number of aromatic nitrogens is 2. The summed E-state index contributed by atoms with van der Waals surface area (Å²) in [5, 5.41) is 11.3. The van der Waals surface area contributed by atoms with Crippen LogP contribution >= 0.6 is 11.8 Å². The second kappa shape index (κ2) is 5.41. The van der Waals surface area contributed by atoms with Gasteiger partial charge in [-0.05, 0) is 25.0 Å². The van der Waals surface area contributed by atoms with Crippen molar-refractivity contribution in [1.29, 1.82) is 0 Å². The summed E-state index contributed by atoms with van der Waals surface area (Å²) in [5.41, 5.74) is 1.64. The molecule has 1 aliphatic heterocycles. The Labute approximate surface area is 124 Å². The van der Waals surface area contributed by atoms with Crippen molar-refractivity contribution in [1.82, 2.24) is 9.55 Å². The number of hydrogen-bond donors (Lipinski definition) is 1. The van der Waals surface area contributed by atoms with E-state index in [0.717, 1.165) is 36.5 Å². The molecule has 2 atom stereocenters. The molecule has 0 amide bonds. The first-order chi connectivity index (χ1) is 9.61. The Bertz CT molecular complexity index is 610. The third-order valence-electron chi connectivity index (χ3n) is 3.97. The molecule has 1 aliphatic rings. The minimum atomic E-state index is -0.586. The van der Waals surface area contributed by atoms with E-state index in [-0.39, 0.29) is 0 Å². The van der Waals surface area contributed by atoms with E-state index in [4.69, 9.17) is 4.98 Å². The summed E-state index contributed by atoms with van der Waals surface area (Å²) >= 11 is 1.86. The summed E-state index contributed by atoms with van der Waals surface area (Å²) in [5.74, 6) is 1.86. The van der Waals surface area contributed by atoms with Gasteiger partial charge in [0.05, 0.1) is 16.6 Å². The van der Waals surface area contributed by atoms with Crippen LogP contribution in [0.1, 0.15) is 32.5 Å². The predicted octanol–water partition coefficient (Wildman–Crippen LogP) is 3.25. The van der Waals surface area contributed by atoms with Gasteiger partial charge in [0.2, 0.25) is 0 Å². The van der Waals surface area contributed by atoms with Crippen LogP contribution in [-0.2, 0) is 13.0 Å². The average molecular weight is 290 g/mol. The maximum Gasteiger partial charge on any atom is 0.112 e. The lowest BCUT2D eigenvalue weighted by atomic mass is 9.96. The van der Waals surface area contributed by atoms with E-state index >= 15 is 0 Å². The fraction of sp³-hybridized carbons (Fsp3) is 0.562. The first-order valence-electron chi connectivity index (χ1n) is 7.39. The number of aryl methyl sites for hydroxylation is 1. The number of benzene rings is 1. The van der Waals surface area contributed by atoms with Crippen LogP contribution in [0.3, 0.4) is 0 Å². The van der Waals surface area contributed by atoms with Crippen LogP contribution in [0.25, 0.3) is 11.0 Å². The zero-order valence-electron chi connectivity index (χ0n) is 12.2. The highest BCUT2D eigenvalue weighted by Crippen LogP contribution is 2.36. The third-order valence-corrected chi connectivity index (χ3v) is 5.41. The monoisotopic (exact) mass is 290 g/mol. The molecule has 1 saturated heterocycles. The average Bonchev–Trinajstić information content (AvgIpc) is 2.92. The zero-order valence-corrected chi connectivity index (χ0v) is 13.0. The highest BCUT2D eigenvalue weighted by molar-refractivity contribution is 8.00. The molecular formula is C16H22N2OS. The molecule has 3 rings (SSSR count). The van der Waals surface area contributed by atoms with Gasteiger partial charge in [-0.15, -0.1) is 0 Å². The van der Waals surface area contributed by atoms with Gasteiger partial charge in [-0.2, -0.15) is 11.8 Å². The van der Waals surface area contributed by atoms with Gasteiger partial charge in [-0.25, -0.2) is 4.98 Å². The Morgan fingerprint density at radius 1 is 1.45 bits per heavy atom. The molecular weight excluding hydrogens is 268 g/mol. The molecule has 3 nitrogen and oxygen atoms in total. The minimum Gasteiger partial charge on any atom is -0.389 e. The van der Waals surface area contributed by atoms with Crippen LogP contribution in [0.15, 0.2) is 24.3 Å². The van der Waals surface area contributed by atoms with Crippen molar-refractivity contribution in [2.45, 2.75) is 50.5 Å². The van der Waals surface area contributed by atoms with E-state index in [1.807, 2.05) is 17.8 Å². The Balaban J connectivity index is 1.96. The zero-order chi connectivity index (χ0) is 14.2. The summed E-state index contributed by atoms with van der Waals surface area (Å²) in [7, 11) is 0. The summed E-state index contributed by atoms with van der Waals surface area (Å²) in [6.45, 7) is 5.34. The second-order valence-electron chi connectivity index (χ2n) is 5.90. The molecule has 0 spiro atoms. The molecule has 0 aliphatic carbocycles. The molecule has 20 heavy (non-hydrogen) atoms. The molecule has 2 heterocycles. The first-order valence-corrected chi connectivity index (χ1v) is 8.44. The Hall–Kier alpha value is -1.00. The van der Waals surface area contributed by atoms with Crippen LogP contribution in [0.2, 0.25) is 0 Å². The van der Waals surface area contributed by atoms with Crippen molar-refractivity contribution < 1.29 is 5.11 Å². The quantitative estimate of drug-likeness (QED) is 0.939. The Morgan fingerprint density at radius 2 is 2.25 bits per heavy atom. The van der Waals surface area contributed by atoms with E-state index in [1.54, 1.807) is 0 Å². The van der Waals surface area contributed by atoms with Crippen LogP contribution in [-0.4, -0.2) is 31.3 Å². The maximum atomic E-state index is 10.8. The summed E-state index contributed by atoms with van der Waals surface area (Å²) in [6.07, 6.45) is 2.61. The van der Waals surface area contributed by atoms with Crippen molar-refractivity contribution in [2.24, 2.45) is 0 Å². The van der Waals surface area contributed by atoms with E-state index in [1.165, 1.54) is 5.52 Å². The van der Waals surface area contributed by atoms with Crippen molar-refractivity contribution in [2.75, 3.05) is 5.75 Å². The van der Waals surface area contributed by atoms with E-state index < -0.39 is 5.60 Å². The number of fused-ring (bicyclic) bond motifs is 1. The van der Waals surface area contributed by atoms with Crippen molar-refractivity contribution in [3.8, 4) is 0 Å². The molecule has 1 N–H and O–H groups in total. The topological polar surface area (TPSA) is 38.0 Å². The fourth-order valence-electron chi connectivity index (χ4n) is 3.10. The van der Waals surface area contributed by atoms with E-state index in [2.05, 4.69) is 36.6 Å². The van der Waals surface area contributed by atoms with Crippen molar-refractivity contribution >= 4 is 22.8 Å². The molecule has 1 aromatic heterocycles. The SMILES string of the molecule is CCCn1c(CC2(O)CSC(C)C2)nc2ccccc21. The lowest BCUT2D eigenvalue weighted by Crippen LogP contribution is -2.33. The highest BCUT2D eigenvalue weighted by Gasteiger charge is 2.37. The largest absolute Gasteiger partial charge is 0.389 e. The Morgan fingerprint density at radius 3 is 2.95 bits per heavy atom. The first kappa shape index (κ1) is 14.0. The van der Waals surface area contributed by atoms with Crippen molar-refractivity contribution in [3.05, 3.63) is 30.1 Å². The Kier molecular flexibility index (Phi) is 3.78. The number of rotatable bonds is 4. The van der Waals surface area contributed by atoms with Gasteiger partial charge in [-0.1, -0.05) is 26.0 Å². The molecule has 2 unspecified atom stereocenters. The van der Waals surface area contributed by atoms with Crippen LogP contribution < -0.4 is 0 Å². The predicted molar refractivity (Wildman–Crippen MR) is 85.2 cm³/mol. The molecule has 1 fully saturated rings. The lowest BCUT2D eigenvalue weighted by molar-refractivity contribution is 0.0614. The van der Waals surface area contributed by atoms with Gasteiger partial charge in [0, 0.05) is 24.0 Å². The summed E-state index contributed by atoms with van der Waals surface area (Å²) in [6, 6.07) is 8.26. The smallest absolute Gasteiger partial charge is 0.112 e. The van der Waals surface area contributed by atoms with Crippen LogP contribution in [0.4, 0.5) is 0 Å². The van der Waals surface area contributed by atoms with E-state index in [9.17, 15) is 5.11 Å². The number of aliphatic hydroxyl groups is 1. The third kappa shape index (κ3) is 2.59. The fourth-order valence-corrected chi connectivity index (χ4v) is 4.34. The summed E-state index contributed by atoms with van der Waals surface area (Å²) < 4.78 is 2.28. The van der Waals surface area contributed by atoms with Gasteiger partial charge in [0.15, 0.2) is 0 Å².